The molecular formula is C15H13BrFNO. The van der Waals surface area contributed by atoms with E-state index in [4.69, 9.17) is 0 Å². The first-order valence-corrected chi connectivity index (χ1v) is 7.46. The Balaban J connectivity index is 1.92. The molecule has 4 rings (SSSR count). The van der Waals surface area contributed by atoms with Crippen molar-refractivity contribution in [2.75, 3.05) is 4.90 Å². The summed E-state index contributed by atoms with van der Waals surface area (Å²) in [6.07, 6.45) is 6.91. The summed E-state index contributed by atoms with van der Waals surface area (Å²) < 4.78 is 14.3. The number of allylic oxidation sites excluding steroid dienone is 2. The molecule has 4 heteroatoms. The topological polar surface area (TPSA) is 20.3 Å². The van der Waals surface area contributed by atoms with E-state index >= 15 is 0 Å². The van der Waals surface area contributed by atoms with Crippen LogP contribution in [0.3, 0.4) is 0 Å². The van der Waals surface area contributed by atoms with Crippen LogP contribution in [0.15, 0.2) is 28.4 Å². The van der Waals surface area contributed by atoms with E-state index in [1.165, 1.54) is 6.07 Å². The van der Waals surface area contributed by atoms with Crippen LogP contribution >= 0.6 is 15.9 Å². The second kappa shape index (κ2) is 3.69. The number of benzene rings is 1. The summed E-state index contributed by atoms with van der Waals surface area (Å²) in [7, 11) is 0. The van der Waals surface area contributed by atoms with E-state index < -0.39 is 0 Å². The highest BCUT2D eigenvalue weighted by atomic mass is 79.9. The van der Waals surface area contributed by atoms with Gasteiger partial charge in [-0.3, -0.25) is 9.69 Å². The smallest absolute Gasteiger partial charge is 0.242 e. The van der Waals surface area contributed by atoms with Crippen molar-refractivity contribution in [1.29, 1.82) is 0 Å². The van der Waals surface area contributed by atoms with Crippen LogP contribution in [0.5, 0.6) is 0 Å². The van der Waals surface area contributed by atoms with Gasteiger partial charge in [0.25, 0.3) is 0 Å². The van der Waals surface area contributed by atoms with Crippen LogP contribution in [0.25, 0.3) is 0 Å². The first-order chi connectivity index (χ1) is 9.13. The zero-order valence-electron chi connectivity index (χ0n) is 10.4. The van der Waals surface area contributed by atoms with E-state index in [1.807, 2.05) is 0 Å². The molecule has 0 aromatic heterocycles. The zero-order chi connectivity index (χ0) is 13.2. The van der Waals surface area contributed by atoms with Crippen LogP contribution in [-0.2, 0) is 10.2 Å². The maximum absolute atomic E-state index is 13.8. The molecule has 0 N–H and O–H groups in total. The largest absolute Gasteiger partial charge is 0.284 e. The molecule has 0 atom stereocenters. The summed E-state index contributed by atoms with van der Waals surface area (Å²) in [5, 5.41) is 0. The molecule has 1 fully saturated rings. The molecule has 1 aromatic rings. The van der Waals surface area contributed by atoms with Crippen molar-refractivity contribution in [2.45, 2.75) is 37.5 Å². The van der Waals surface area contributed by atoms with Gasteiger partial charge in [0.05, 0.1) is 15.6 Å². The van der Waals surface area contributed by atoms with Crippen molar-refractivity contribution in [3.8, 4) is 0 Å². The van der Waals surface area contributed by atoms with Crippen molar-refractivity contribution in [2.24, 2.45) is 0 Å². The summed E-state index contributed by atoms with van der Waals surface area (Å²) in [6.45, 7) is 0. The third-order valence-electron chi connectivity index (χ3n) is 4.46. The maximum Gasteiger partial charge on any atom is 0.242 e. The van der Waals surface area contributed by atoms with Gasteiger partial charge in [0.15, 0.2) is 0 Å². The first kappa shape index (κ1) is 11.6. The molecule has 1 aromatic carbocycles. The fraction of sp³-hybridized carbons (Fsp3) is 0.400. The van der Waals surface area contributed by atoms with E-state index in [9.17, 15) is 9.18 Å². The van der Waals surface area contributed by atoms with Crippen molar-refractivity contribution in [3.63, 3.8) is 0 Å². The Bertz CT molecular complexity index is 633. The fourth-order valence-corrected chi connectivity index (χ4v) is 3.64. The van der Waals surface area contributed by atoms with Gasteiger partial charge in [-0.25, -0.2) is 4.39 Å². The fourth-order valence-electron chi connectivity index (χ4n) is 3.29. The summed E-state index contributed by atoms with van der Waals surface area (Å²) >= 11 is 3.23. The molecule has 2 nitrogen and oxygen atoms in total. The van der Waals surface area contributed by atoms with Crippen molar-refractivity contribution in [3.05, 3.63) is 39.8 Å². The molecule has 98 valence electrons. The van der Waals surface area contributed by atoms with Gasteiger partial charge in [-0.2, -0.15) is 0 Å². The lowest BCUT2D eigenvalue weighted by Gasteiger charge is -2.19. The Morgan fingerprint density at radius 2 is 2.11 bits per heavy atom. The minimum atomic E-state index is -0.352. The number of hydrogen-bond acceptors (Lipinski definition) is 1. The lowest BCUT2D eigenvalue weighted by Crippen LogP contribution is -2.30. The molecule has 19 heavy (non-hydrogen) atoms. The van der Waals surface area contributed by atoms with Gasteiger partial charge in [-0.15, -0.1) is 0 Å². The Morgan fingerprint density at radius 3 is 2.74 bits per heavy atom. The Morgan fingerprint density at radius 1 is 1.32 bits per heavy atom. The summed E-state index contributed by atoms with van der Waals surface area (Å²) in [6, 6.07) is 3.30. The molecule has 3 aliphatic rings. The Kier molecular flexibility index (Phi) is 2.26. The quantitative estimate of drug-likeness (QED) is 0.764. The number of carbonyl (C=O) groups is 1. The first-order valence-electron chi connectivity index (χ1n) is 6.67. The molecular weight excluding hydrogens is 309 g/mol. The van der Waals surface area contributed by atoms with Gasteiger partial charge in [0.2, 0.25) is 5.91 Å². The number of amides is 1. The maximum atomic E-state index is 13.8. The summed E-state index contributed by atoms with van der Waals surface area (Å²) in [5.41, 5.74) is 2.46. The van der Waals surface area contributed by atoms with Crippen LogP contribution in [0.4, 0.5) is 10.1 Å². The van der Waals surface area contributed by atoms with Crippen molar-refractivity contribution in [1.82, 2.24) is 0 Å². The van der Waals surface area contributed by atoms with E-state index in [-0.39, 0.29) is 17.1 Å². The van der Waals surface area contributed by atoms with Crippen LogP contribution in [0, 0.1) is 5.82 Å². The number of fused-ring (bicyclic) bond motifs is 2. The van der Waals surface area contributed by atoms with Crippen LogP contribution in [-0.4, -0.2) is 5.91 Å². The van der Waals surface area contributed by atoms with E-state index in [0.29, 0.717) is 4.47 Å². The highest BCUT2D eigenvalue weighted by molar-refractivity contribution is 9.10. The predicted molar refractivity (Wildman–Crippen MR) is 74.4 cm³/mol. The average Bonchev–Trinajstić information content (AvgIpc) is 2.96. The molecule has 0 saturated heterocycles. The number of carbonyl (C=O) groups excluding carboxylic acids is 1. The minimum absolute atomic E-state index is 0.146. The lowest BCUT2D eigenvalue weighted by molar-refractivity contribution is -0.119. The number of halogens is 2. The number of hydrogen-bond donors (Lipinski definition) is 0. The lowest BCUT2D eigenvalue weighted by atomic mass is 9.98. The van der Waals surface area contributed by atoms with Gasteiger partial charge >= 0.3 is 0 Å². The van der Waals surface area contributed by atoms with E-state index in [0.717, 1.165) is 49.1 Å². The molecule has 1 aliphatic heterocycles. The molecule has 1 heterocycles. The highest BCUT2D eigenvalue weighted by Gasteiger charge is 2.60. The normalized spacial score (nSPS) is 22.9. The molecule has 0 unspecified atom stereocenters. The van der Waals surface area contributed by atoms with Crippen LogP contribution in [0.1, 0.15) is 37.7 Å². The summed E-state index contributed by atoms with van der Waals surface area (Å²) in [4.78, 5) is 14.5. The highest BCUT2D eigenvalue weighted by Crippen LogP contribution is 2.59. The zero-order valence-corrected chi connectivity index (χ0v) is 12.0. The van der Waals surface area contributed by atoms with Gasteiger partial charge in [-0.1, -0.05) is 6.08 Å². The average molecular weight is 322 g/mol. The number of rotatable bonds is 1. The van der Waals surface area contributed by atoms with Gasteiger partial charge < -0.3 is 0 Å². The molecule has 1 amide bonds. The monoisotopic (exact) mass is 321 g/mol. The van der Waals surface area contributed by atoms with Crippen LogP contribution in [0.2, 0.25) is 0 Å². The molecule has 2 aliphatic carbocycles. The van der Waals surface area contributed by atoms with Crippen molar-refractivity contribution >= 4 is 27.5 Å². The predicted octanol–water partition coefficient (Wildman–Crippen LogP) is 4.03. The Labute approximate surface area is 119 Å². The minimum Gasteiger partial charge on any atom is -0.284 e. The second-order valence-electron chi connectivity index (χ2n) is 5.59. The van der Waals surface area contributed by atoms with Crippen molar-refractivity contribution < 1.29 is 9.18 Å². The van der Waals surface area contributed by atoms with E-state index in [1.54, 1.807) is 11.0 Å². The number of anilines is 1. The van der Waals surface area contributed by atoms with Gasteiger partial charge in [-0.05, 0) is 65.7 Å². The van der Waals surface area contributed by atoms with Gasteiger partial charge in [0, 0.05) is 5.70 Å². The Hall–Kier alpha value is -1.16. The number of nitrogens with zero attached hydrogens (tertiary/aromatic N) is 1. The van der Waals surface area contributed by atoms with E-state index in [2.05, 4.69) is 22.0 Å². The van der Waals surface area contributed by atoms with Crippen LogP contribution < -0.4 is 4.90 Å². The molecule has 0 radical (unpaired) electrons. The molecule has 0 bridgehead atoms. The second-order valence-corrected chi connectivity index (χ2v) is 6.45. The van der Waals surface area contributed by atoms with Gasteiger partial charge in [0.1, 0.15) is 5.82 Å². The SMILES string of the molecule is O=C1N(C2=CCCC2)c2cc(F)c(Br)cc2C12CC2. The molecule has 1 spiro atoms. The third-order valence-corrected chi connectivity index (χ3v) is 5.07. The summed E-state index contributed by atoms with van der Waals surface area (Å²) in [5.74, 6) is -0.152. The molecule has 1 saturated carbocycles. The standard InChI is InChI=1S/C15H13BrFNO/c16-11-7-10-13(8-12(11)17)18(9-3-1-2-4-9)14(19)15(10)5-6-15/h3,7-8H,1-2,4-6H2. The third kappa shape index (κ3) is 1.43.